The summed E-state index contributed by atoms with van der Waals surface area (Å²) in [4.78, 5) is 4.79. The van der Waals surface area contributed by atoms with Crippen molar-refractivity contribution in [3.05, 3.63) is 71.3 Å². The second-order valence-corrected chi connectivity index (χ2v) is 8.30. The molecule has 33 heavy (non-hydrogen) atoms. The SMILES string of the molecule is COc1ccc(CN=C(NCc2ccccc2OCC2CC2)NCc2nnc(C)n2C)cc1. The molecule has 0 bridgehead atoms. The van der Waals surface area contributed by atoms with Crippen molar-refractivity contribution >= 4 is 5.96 Å². The molecular formula is C25H32N6O2. The Morgan fingerprint density at radius 3 is 2.52 bits per heavy atom. The number of ether oxygens (including phenoxy) is 2. The second-order valence-electron chi connectivity index (χ2n) is 8.30. The zero-order valence-electron chi connectivity index (χ0n) is 19.5. The van der Waals surface area contributed by atoms with Gasteiger partial charge in [0.1, 0.15) is 17.3 Å². The fourth-order valence-corrected chi connectivity index (χ4v) is 3.31. The highest BCUT2D eigenvalue weighted by atomic mass is 16.5. The smallest absolute Gasteiger partial charge is 0.192 e. The molecule has 8 nitrogen and oxygen atoms in total. The molecule has 1 heterocycles. The van der Waals surface area contributed by atoms with Crippen molar-refractivity contribution in [2.75, 3.05) is 13.7 Å². The fraction of sp³-hybridized carbons (Fsp3) is 0.400. The molecule has 1 aromatic heterocycles. The van der Waals surface area contributed by atoms with Gasteiger partial charge in [0.25, 0.3) is 0 Å². The van der Waals surface area contributed by atoms with Crippen LogP contribution in [0.2, 0.25) is 0 Å². The Morgan fingerprint density at radius 2 is 1.82 bits per heavy atom. The standard InChI is InChI=1S/C25H32N6O2/c1-18-29-30-24(31(18)2)16-28-25(26-14-19-10-12-22(32-3)13-11-19)27-15-21-6-4-5-7-23(21)33-17-20-8-9-20/h4-7,10-13,20H,8-9,14-17H2,1-3H3,(H2,26,27,28). The van der Waals surface area contributed by atoms with Gasteiger partial charge in [-0.1, -0.05) is 30.3 Å². The number of nitrogens with zero attached hydrogens (tertiary/aromatic N) is 4. The van der Waals surface area contributed by atoms with E-state index in [-0.39, 0.29) is 0 Å². The maximum atomic E-state index is 6.06. The Bertz CT molecular complexity index is 1070. The Balaban J connectivity index is 1.43. The number of aliphatic imine (C=N–C) groups is 1. The molecule has 1 aliphatic rings. The summed E-state index contributed by atoms with van der Waals surface area (Å²) in [6, 6.07) is 16.1. The lowest BCUT2D eigenvalue weighted by atomic mass is 10.2. The minimum absolute atomic E-state index is 0.519. The minimum atomic E-state index is 0.519. The Morgan fingerprint density at radius 1 is 1.06 bits per heavy atom. The molecule has 0 saturated heterocycles. The first kappa shape index (κ1) is 22.6. The number of guanidine groups is 1. The normalized spacial score (nSPS) is 13.6. The van der Waals surface area contributed by atoms with Crippen LogP contribution in [-0.4, -0.2) is 34.4 Å². The summed E-state index contributed by atoms with van der Waals surface area (Å²) < 4.78 is 13.3. The summed E-state index contributed by atoms with van der Waals surface area (Å²) in [6.45, 7) is 4.39. The van der Waals surface area contributed by atoms with Crippen LogP contribution in [0.1, 0.15) is 35.6 Å². The number of para-hydroxylation sites is 1. The molecule has 3 aromatic rings. The lowest BCUT2D eigenvalue weighted by Gasteiger charge is -2.15. The highest BCUT2D eigenvalue weighted by molar-refractivity contribution is 5.79. The number of hydrogen-bond donors (Lipinski definition) is 2. The van der Waals surface area contributed by atoms with E-state index in [1.807, 2.05) is 61.0 Å². The lowest BCUT2D eigenvalue weighted by Crippen LogP contribution is -2.37. The molecular weight excluding hydrogens is 416 g/mol. The highest BCUT2D eigenvalue weighted by Crippen LogP contribution is 2.30. The van der Waals surface area contributed by atoms with Crippen LogP contribution in [0.4, 0.5) is 0 Å². The van der Waals surface area contributed by atoms with E-state index in [4.69, 9.17) is 14.5 Å². The van der Waals surface area contributed by atoms with E-state index in [1.54, 1.807) is 7.11 Å². The maximum Gasteiger partial charge on any atom is 0.192 e. The van der Waals surface area contributed by atoms with Crippen LogP contribution < -0.4 is 20.1 Å². The summed E-state index contributed by atoms with van der Waals surface area (Å²) in [5.41, 5.74) is 2.20. The van der Waals surface area contributed by atoms with E-state index in [9.17, 15) is 0 Å². The molecule has 0 amide bonds. The van der Waals surface area contributed by atoms with Gasteiger partial charge in [-0.05, 0) is 49.4 Å². The van der Waals surface area contributed by atoms with Crippen molar-refractivity contribution in [3.63, 3.8) is 0 Å². The third-order valence-electron chi connectivity index (χ3n) is 5.77. The van der Waals surface area contributed by atoms with Gasteiger partial charge < -0.3 is 24.7 Å². The molecule has 2 aromatic carbocycles. The molecule has 0 aliphatic heterocycles. The van der Waals surface area contributed by atoms with Crippen LogP contribution in [0, 0.1) is 12.8 Å². The van der Waals surface area contributed by atoms with Gasteiger partial charge in [0.05, 0.1) is 26.8 Å². The van der Waals surface area contributed by atoms with Gasteiger partial charge in [0, 0.05) is 19.2 Å². The van der Waals surface area contributed by atoms with Crippen molar-refractivity contribution in [1.82, 2.24) is 25.4 Å². The summed E-state index contributed by atoms with van der Waals surface area (Å²) in [5, 5.41) is 15.2. The molecule has 1 aliphatic carbocycles. The van der Waals surface area contributed by atoms with E-state index in [0.717, 1.165) is 40.9 Å². The van der Waals surface area contributed by atoms with E-state index in [2.05, 4.69) is 26.9 Å². The average molecular weight is 449 g/mol. The van der Waals surface area contributed by atoms with E-state index in [1.165, 1.54) is 12.8 Å². The van der Waals surface area contributed by atoms with Gasteiger partial charge in [-0.3, -0.25) is 0 Å². The van der Waals surface area contributed by atoms with Crippen molar-refractivity contribution in [3.8, 4) is 11.5 Å². The van der Waals surface area contributed by atoms with Crippen LogP contribution >= 0.6 is 0 Å². The third kappa shape index (κ3) is 6.47. The van der Waals surface area contributed by atoms with Crippen LogP contribution in [-0.2, 0) is 26.7 Å². The first-order chi connectivity index (χ1) is 16.1. The molecule has 174 valence electrons. The van der Waals surface area contributed by atoms with E-state index < -0.39 is 0 Å². The average Bonchev–Trinajstić information content (AvgIpc) is 3.63. The molecule has 0 radical (unpaired) electrons. The number of nitrogens with one attached hydrogen (secondary N) is 2. The summed E-state index contributed by atoms with van der Waals surface area (Å²) in [6.07, 6.45) is 2.54. The highest BCUT2D eigenvalue weighted by Gasteiger charge is 2.22. The van der Waals surface area contributed by atoms with Crippen molar-refractivity contribution in [2.45, 2.75) is 39.4 Å². The maximum absolute atomic E-state index is 6.06. The minimum Gasteiger partial charge on any atom is -0.497 e. The number of hydrogen-bond acceptors (Lipinski definition) is 5. The molecule has 2 N–H and O–H groups in total. The van der Waals surface area contributed by atoms with Crippen LogP contribution in [0.3, 0.4) is 0 Å². The number of methoxy groups -OCH3 is 1. The van der Waals surface area contributed by atoms with Gasteiger partial charge in [0.2, 0.25) is 0 Å². The van der Waals surface area contributed by atoms with Crippen LogP contribution in [0.15, 0.2) is 53.5 Å². The monoisotopic (exact) mass is 448 g/mol. The largest absolute Gasteiger partial charge is 0.497 e. The topological polar surface area (TPSA) is 85.6 Å². The Labute approximate surface area is 195 Å². The van der Waals surface area contributed by atoms with Crippen LogP contribution in [0.25, 0.3) is 0 Å². The quantitative estimate of drug-likeness (QED) is 0.365. The first-order valence-corrected chi connectivity index (χ1v) is 11.3. The second kappa shape index (κ2) is 10.8. The lowest BCUT2D eigenvalue weighted by molar-refractivity contribution is 0.296. The van der Waals surface area contributed by atoms with Gasteiger partial charge in [0.15, 0.2) is 11.8 Å². The summed E-state index contributed by atoms with van der Waals surface area (Å²) in [5.74, 6) is 4.89. The summed E-state index contributed by atoms with van der Waals surface area (Å²) >= 11 is 0. The predicted molar refractivity (Wildman–Crippen MR) is 128 cm³/mol. The number of aryl methyl sites for hydroxylation is 1. The number of aromatic nitrogens is 3. The molecule has 4 rings (SSSR count). The molecule has 8 heteroatoms. The van der Waals surface area contributed by atoms with Gasteiger partial charge >= 0.3 is 0 Å². The van der Waals surface area contributed by atoms with Crippen molar-refractivity contribution in [2.24, 2.45) is 18.0 Å². The molecule has 1 fully saturated rings. The van der Waals surface area contributed by atoms with E-state index >= 15 is 0 Å². The van der Waals surface area contributed by atoms with Crippen molar-refractivity contribution in [1.29, 1.82) is 0 Å². The van der Waals surface area contributed by atoms with Crippen LogP contribution in [0.5, 0.6) is 11.5 Å². The van der Waals surface area contributed by atoms with Crippen molar-refractivity contribution < 1.29 is 9.47 Å². The van der Waals surface area contributed by atoms with Gasteiger partial charge in [-0.25, -0.2) is 4.99 Å². The first-order valence-electron chi connectivity index (χ1n) is 11.3. The molecule has 0 unspecified atom stereocenters. The zero-order valence-corrected chi connectivity index (χ0v) is 19.5. The fourth-order valence-electron chi connectivity index (χ4n) is 3.31. The van der Waals surface area contributed by atoms with Gasteiger partial charge in [-0.2, -0.15) is 0 Å². The Kier molecular flexibility index (Phi) is 7.44. The van der Waals surface area contributed by atoms with Gasteiger partial charge in [-0.15, -0.1) is 10.2 Å². The number of benzene rings is 2. The molecule has 0 atom stereocenters. The predicted octanol–water partition coefficient (Wildman–Crippen LogP) is 3.36. The number of rotatable bonds is 10. The molecule has 1 saturated carbocycles. The third-order valence-corrected chi connectivity index (χ3v) is 5.77. The Hall–Kier alpha value is -3.55. The zero-order chi connectivity index (χ0) is 23.0. The summed E-state index contributed by atoms with van der Waals surface area (Å²) in [7, 11) is 3.63. The molecule has 0 spiro atoms. The van der Waals surface area contributed by atoms with E-state index in [0.29, 0.717) is 31.5 Å².